The highest BCUT2D eigenvalue weighted by Crippen LogP contribution is 2.04. The van der Waals surface area contributed by atoms with Gasteiger partial charge < -0.3 is 0 Å². The molecule has 15 heavy (non-hydrogen) atoms. The van der Waals surface area contributed by atoms with Crippen molar-refractivity contribution in [3.63, 3.8) is 0 Å². The molecule has 2 unspecified atom stereocenters. The maximum Gasteiger partial charge on any atom is 0.131 e. The summed E-state index contributed by atoms with van der Waals surface area (Å²) in [5, 5.41) is 0. The Morgan fingerprint density at radius 2 is 2.00 bits per heavy atom. The van der Waals surface area contributed by atoms with Gasteiger partial charge in [-0.1, -0.05) is 18.2 Å². The molecular formula is C11H15NO2S. The number of carbonyl (C=O) groups excluding carboxylic acids is 1. The molecule has 0 aliphatic heterocycles. The van der Waals surface area contributed by atoms with E-state index in [4.69, 9.17) is 0 Å². The highest BCUT2D eigenvalue weighted by molar-refractivity contribution is 7.83. The maximum atomic E-state index is 11.7. The van der Waals surface area contributed by atoms with E-state index >= 15 is 0 Å². The van der Waals surface area contributed by atoms with Crippen molar-refractivity contribution in [3.8, 4) is 0 Å². The number of hydrogen-bond donors (Lipinski definition) is 1. The van der Waals surface area contributed by atoms with Crippen molar-refractivity contribution in [3.05, 3.63) is 30.3 Å². The fourth-order valence-electron chi connectivity index (χ4n) is 1.27. The van der Waals surface area contributed by atoms with Gasteiger partial charge in [-0.2, -0.15) is 0 Å². The quantitative estimate of drug-likeness (QED) is 0.828. The van der Waals surface area contributed by atoms with Gasteiger partial charge in [0.1, 0.15) is 16.8 Å². The monoisotopic (exact) mass is 225 g/mol. The predicted octanol–water partition coefficient (Wildman–Crippen LogP) is 1.67. The Morgan fingerprint density at radius 1 is 1.40 bits per heavy atom. The normalized spacial score (nSPS) is 14.5. The summed E-state index contributed by atoms with van der Waals surface area (Å²) in [4.78, 5) is 11.6. The molecule has 82 valence electrons. The first-order valence-corrected chi connectivity index (χ1v) is 5.97. The molecule has 0 heterocycles. The smallest absolute Gasteiger partial charge is 0.131 e. The van der Waals surface area contributed by atoms with Crippen molar-refractivity contribution in [1.82, 2.24) is 4.72 Å². The van der Waals surface area contributed by atoms with Crippen LogP contribution in [0.1, 0.15) is 20.3 Å². The Kier molecular flexibility index (Phi) is 4.65. The molecule has 0 fully saturated rings. The molecule has 0 aromatic heterocycles. The Bertz CT molecular complexity index is 351. The minimum atomic E-state index is -1.23. The van der Waals surface area contributed by atoms with Gasteiger partial charge in [-0.05, 0) is 26.0 Å². The van der Waals surface area contributed by atoms with E-state index in [0.29, 0.717) is 6.42 Å². The van der Waals surface area contributed by atoms with E-state index in [1.807, 2.05) is 25.1 Å². The van der Waals surface area contributed by atoms with Crippen molar-refractivity contribution in [2.24, 2.45) is 0 Å². The van der Waals surface area contributed by atoms with Crippen molar-refractivity contribution in [2.75, 3.05) is 0 Å². The van der Waals surface area contributed by atoms with Crippen LogP contribution in [0.4, 0.5) is 0 Å². The number of carbonyl (C=O) groups is 1. The first-order valence-electron chi connectivity index (χ1n) is 4.82. The van der Waals surface area contributed by atoms with Crippen LogP contribution in [0, 0.1) is 0 Å². The Hall–Kier alpha value is -1.00. The molecule has 0 aliphatic carbocycles. The number of nitrogens with one attached hydrogen (secondary N) is 1. The van der Waals surface area contributed by atoms with E-state index in [1.54, 1.807) is 12.1 Å². The standard InChI is InChI=1S/C11H15NO2S/c1-9(8-10(2)13)12-15(14)11-6-4-3-5-7-11/h3-7,9,12H,8H2,1-2H3. The second kappa shape index (κ2) is 5.78. The first-order chi connectivity index (χ1) is 7.09. The largest absolute Gasteiger partial charge is 0.300 e. The molecule has 4 heteroatoms. The molecule has 0 aliphatic rings. The molecule has 1 N–H and O–H groups in total. The van der Waals surface area contributed by atoms with E-state index in [9.17, 15) is 9.00 Å². The van der Waals surface area contributed by atoms with Gasteiger partial charge in [-0.3, -0.25) is 4.79 Å². The van der Waals surface area contributed by atoms with Crippen LogP contribution in [-0.4, -0.2) is 16.0 Å². The number of rotatable bonds is 5. The van der Waals surface area contributed by atoms with Crippen molar-refractivity contribution >= 4 is 16.8 Å². The molecule has 2 atom stereocenters. The summed E-state index contributed by atoms with van der Waals surface area (Å²) >= 11 is 0. The first kappa shape index (κ1) is 12.1. The van der Waals surface area contributed by atoms with E-state index in [-0.39, 0.29) is 11.8 Å². The summed E-state index contributed by atoms with van der Waals surface area (Å²) in [6.45, 7) is 3.38. The van der Waals surface area contributed by atoms with Crippen LogP contribution in [0.25, 0.3) is 0 Å². The molecule has 0 spiro atoms. The van der Waals surface area contributed by atoms with Crippen LogP contribution in [0.5, 0.6) is 0 Å². The van der Waals surface area contributed by atoms with Crippen molar-refractivity contribution in [2.45, 2.75) is 31.2 Å². The molecular weight excluding hydrogens is 210 g/mol. The van der Waals surface area contributed by atoms with E-state index in [2.05, 4.69) is 4.72 Å². The fraction of sp³-hybridized carbons (Fsp3) is 0.364. The van der Waals surface area contributed by atoms with Crippen molar-refractivity contribution in [1.29, 1.82) is 0 Å². The Balaban J connectivity index is 2.53. The van der Waals surface area contributed by atoms with Crippen LogP contribution >= 0.6 is 0 Å². The number of hydrogen-bond acceptors (Lipinski definition) is 2. The minimum absolute atomic E-state index is 0.0662. The average molecular weight is 225 g/mol. The topological polar surface area (TPSA) is 46.2 Å². The minimum Gasteiger partial charge on any atom is -0.300 e. The second-order valence-electron chi connectivity index (χ2n) is 3.51. The summed E-state index contributed by atoms with van der Waals surface area (Å²) in [7, 11) is -1.23. The third kappa shape index (κ3) is 4.36. The SMILES string of the molecule is CC(=O)CC(C)NS(=O)c1ccccc1. The zero-order valence-electron chi connectivity index (χ0n) is 8.90. The lowest BCUT2D eigenvalue weighted by molar-refractivity contribution is -0.117. The molecule has 3 nitrogen and oxygen atoms in total. The molecule has 0 amide bonds. The molecule has 0 saturated heterocycles. The average Bonchev–Trinajstić information content (AvgIpc) is 2.17. The van der Waals surface area contributed by atoms with E-state index in [1.165, 1.54) is 6.92 Å². The predicted molar refractivity (Wildman–Crippen MR) is 60.7 cm³/mol. The Morgan fingerprint density at radius 3 is 2.53 bits per heavy atom. The summed E-state index contributed by atoms with van der Waals surface area (Å²) < 4.78 is 14.6. The molecule has 0 saturated carbocycles. The highest BCUT2D eigenvalue weighted by atomic mass is 32.2. The van der Waals surface area contributed by atoms with Gasteiger partial charge in [-0.15, -0.1) is 0 Å². The van der Waals surface area contributed by atoms with Gasteiger partial charge in [-0.25, -0.2) is 8.93 Å². The molecule has 1 rings (SSSR count). The van der Waals surface area contributed by atoms with Crippen molar-refractivity contribution < 1.29 is 9.00 Å². The van der Waals surface area contributed by atoms with Gasteiger partial charge in [0.05, 0.1) is 4.90 Å². The summed E-state index contributed by atoms with van der Waals surface area (Å²) in [5.41, 5.74) is 0. The van der Waals surface area contributed by atoms with Gasteiger partial charge in [0, 0.05) is 12.5 Å². The van der Waals surface area contributed by atoms with E-state index < -0.39 is 11.0 Å². The van der Waals surface area contributed by atoms with Crippen LogP contribution in [0.3, 0.4) is 0 Å². The summed E-state index contributed by atoms with van der Waals surface area (Å²) in [6, 6.07) is 9.07. The van der Waals surface area contributed by atoms with Crippen LogP contribution < -0.4 is 4.72 Å². The maximum absolute atomic E-state index is 11.7. The van der Waals surface area contributed by atoms with Gasteiger partial charge >= 0.3 is 0 Å². The van der Waals surface area contributed by atoms with Gasteiger partial charge in [0.15, 0.2) is 0 Å². The summed E-state index contributed by atoms with van der Waals surface area (Å²) in [6.07, 6.45) is 0.401. The van der Waals surface area contributed by atoms with Crippen LogP contribution in [-0.2, 0) is 15.8 Å². The molecule has 1 aromatic rings. The lowest BCUT2D eigenvalue weighted by Gasteiger charge is -2.10. The lowest BCUT2D eigenvalue weighted by atomic mass is 10.2. The van der Waals surface area contributed by atoms with Crippen LogP contribution in [0.2, 0.25) is 0 Å². The number of Topliss-reactive ketones (excluding diaryl/α,β-unsaturated/α-hetero) is 1. The van der Waals surface area contributed by atoms with E-state index in [0.717, 1.165) is 4.90 Å². The zero-order chi connectivity index (χ0) is 11.3. The summed E-state index contributed by atoms with van der Waals surface area (Å²) in [5.74, 6) is 0.0973. The third-order valence-electron chi connectivity index (χ3n) is 1.86. The third-order valence-corrected chi connectivity index (χ3v) is 3.18. The second-order valence-corrected chi connectivity index (χ2v) is 4.75. The molecule has 0 radical (unpaired) electrons. The lowest BCUT2D eigenvalue weighted by Crippen LogP contribution is -2.29. The van der Waals surface area contributed by atoms with Gasteiger partial charge in [0.2, 0.25) is 0 Å². The molecule has 0 bridgehead atoms. The number of benzene rings is 1. The highest BCUT2D eigenvalue weighted by Gasteiger charge is 2.09. The van der Waals surface area contributed by atoms with Gasteiger partial charge in [0.25, 0.3) is 0 Å². The molecule has 1 aromatic carbocycles. The zero-order valence-corrected chi connectivity index (χ0v) is 9.71. The van der Waals surface area contributed by atoms with Crippen LogP contribution in [0.15, 0.2) is 35.2 Å². The fourth-order valence-corrected chi connectivity index (χ4v) is 2.26. The number of ketones is 1. The Labute approximate surface area is 92.5 Å².